The molecule has 2 rings (SSSR count). The predicted octanol–water partition coefficient (Wildman–Crippen LogP) is 4.64. The molecule has 2 aromatic carbocycles. The summed E-state index contributed by atoms with van der Waals surface area (Å²) in [5.74, 6) is -1.02. The third-order valence-electron chi connectivity index (χ3n) is 3.28. The van der Waals surface area contributed by atoms with Crippen molar-refractivity contribution in [2.45, 2.75) is 18.0 Å². The lowest BCUT2D eigenvalue weighted by Gasteiger charge is -2.31. The van der Waals surface area contributed by atoms with Crippen LogP contribution < -0.4 is 0 Å². The van der Waals surface area contributed by atoms with Crippen molar-refractivity contribution < 1.29 is 35.8 Å². The number of benzene rings is 2. The molecular formula is C15H9F7O. The average Bonchev–Trinajstić information content (AvgIpc) is 2.44. The molecule has 0 saturated heterocycles. The summed E-state index contributed by atoms with van der Waals surface area (Å²) in [7, 11) is 0. The summed E-state index contributed by atoms with van der Waals surface area (Å²) < 4.78 is 90.7. The lowest BCUT2D eigenvalue weighted by molar-refractivity contribution is -0.248. The van der Waals surface area contributed by atoms with E-state index in [1.54, 1.807) is 0 Å². The van der Waals surface area contributed by atoms with Gasteiger partial charge < -0.3 is 5.11 Å². The fourth-order valence-corrected chi connectivity index (χ4v) is 2.11. The lowest BCUT2D eigenvalue weighted by Crippen LogP contribution is -2.43. The zero-order chi connectivity index (χ0) is 17.5. The lowest BCUT2D eigenvalue weighted by atomic mass is 9.85. The number of hydrogen-bond acceptors (Lipinski definition) is 1. The zero-order valence-corrected chi connectivity index (χ0v) is 11.2. The summed E-state index contributed by atoms with van der Waals surface area (Å²) in [5.41, 5.74) is -6.46. The van der Waals surface area contributed by atoms with Crippen LogP contribution in [0, 0.1) is 5.82 Å². The summed E-state index contributed by atoms with van der Waals surface area (Å²) in [6.07, 6.45) is -9.99. The number of rotatable bonds is 2. The minimum atomic E-state index is -5.26. The van der Waals surface area contributed by atoms with Gasteiger partial charge >= 0.3 is 12.4 Å². The van der Waals surface area contributed by atoms with Gasteiger partial charge in [0.05, 0.1) is 5.56 Å². The van der Waals surface area contributed by atoms with Crippen molar-refractivity contribution >= 4 is 0 Å². The SMILES string of the molecule is OC(c1ccc(C(F)(F)F)cc1)(c1cccc(F)c1)C(F)(F)F. The minimum Gasteiger partial charge on any atom is -0.372 e. The Kier molecular flexibility index (Phi) is 4.14. The first-order chi connectivity index (χ1) is 10.5. The van der Waals surface area contributed by atoms with Crippen molar-refractivity contribution in [1.29, 1.82) is 0 Å². The van der Waals surface area contributed by atoms with Gasteiger partial charge in [0.25, 0.3) is 0 Å². The second kappa shape index (κ2) is 5.52. The van der Waals surface area contributed by atoms with E-state index in [4.69, 9.17) is 0 Å². The maximum absolute atomic E-state index is 13.3. The molecule has 1 unspecified atom stereocenters. The maximum atomic E-state index is 13.3. The van der Waals surface area contributed by atoms with Crippen LogP contribution in [-0.2, 0) is 11.8 Å². The van der Waals surface area contributed by atoms with E-state index in [1.165, 1.54) is 0 Å². The van der Waals surface area contributed by atoms with E-state index in [2.05, 4.69) is 0 Å². The summed E-state index contributed by atoms with van der Waals surface area (Å²) in [5, 5.41) is 10.1. The van der Waals surface area contributed by atoms with Gasteiger partial charge in [-0.15, -0.1) is 0 Å². The molecule has 1 atom stereocenters. The van der Waals surface area contributed by atoms with Crippen molar-refractivity contribution in [1.82, 2.24) is 0 Å². The average molecular weight is 338 g/mol. The molecule has 124 valence electrons. The molecule has 0 bridgehead atoms. The molecule has 0 spiro atoms. The topological polar surface area (TPSA) is 20.2 Å². The molecule has 0 radical (unpaired) electrons. The van der Waals surface area contributed by atoms with E-state index >= 15 is 0 Å². The van der Waals surface area contributed by atoms with Crippen molar-refractivity contribution in [3.05, 3.63) is 71.0 Å². The first-order valence-corrected chi connectivity index (χ1v) is 6.19. The summed E-state index contributed by atoms with van der Waals surface area (Å²) in [4.78, 5) is 0. The van der Waals surface area contributed by atoms with Crippen molar-refractivity contribution in [2.24, 2.45) is 0 Å². The minimum absolute atomic E-state index is 0.422. The standard InChI is InChI=1S/C15H9F7O/c16-12-3-1-2-11(8-12)13(23,15(20,21)22)9-4-6-10(7-5-9)14(17,18)19/h1-8,23H. The van der Waals surface area contributed by atoms with Crippen molar-refractivity contribution in [2.75, 3.05) is 0 Å². The van der Waals surface area contributed by atoms with Crippen molar-refractivity contribution in [3.8, 4) is 0 Å². The number of alkyl halides is 6. The number of hydrogen-bond donors (Lipinski definition) is 1. The monoisotopic (exact) mass is 338 g/mol. The van der Waals surface area contributed by atoms with E-state index in [0.717, 1.165) is 18.2 Å². The Morgan fingerprint density at radius 2 is 1.22 bits per heavy atom. The molecule has 2 aromatic rings. The molecule has 0 saturated carbocycles. The first kappa shape index (κ1) is 17.3. The van der Waals surface area contributed by atoms with Crippen LogP contribution in [0.3, 0.4) is 0 Å². The molecule has 1 N–H and O–H groups in total. The third kappa shape index (κ3) is 3.17. The highest BCUT2D eigenvalue weighted by Gasteiger charge is 2.56. The van der Waals surface area contributed by atoms with Crippen LogP contribution in [0.2, 0.25) is 0 Å². The largest absolute Gasteiger partial charge is 0.425 e. The Hall–Kier alpha value is -2.09. The van der Waals surface area contributed by atoms with Gasteiger partial charge in [0.2, 0.25) is 5.60 Å². The van der Waals surface area contributed by atoms with Crippen molar-refractivity contribution in [3.63, 3.8) is 0 Å². The zero-order valence-electron chi connectivity index (χ0n) is 11.2. The molecule has 0 aliphatic heterocycles. The molecule has 0 heterocycles. The van der Waals surface area contributed by atoms with Gasteiger partial charge in [-0.05, 0) is 29.8 Å². The Bertz CT molecular complexity index is 688. The molecular weight excluding hydrogens is 329 g/mol. The van der Waals surface area contributed by atoms with Crippen LogP contribution in [0.4, 0.5) is 30.7 Å². The van der Waals surface area contributed by atoms with Gasteiger partial charge in [-0.2, -0.15) is 26.3 Å². The Labute approximate surface area is 126 Å². The molecule has 23 heavy (non-hydrogen) atoms. The van der Waals surface area contributed by atoms with Gasteiger partial charge in [0, 0.05) is 5.56 Å². The summed E-state index contributed by atoms with van der Waals surface area (Å²) >= 11 is 0. The highest BCUT2D eigenvalue weighted by atomic mass is 19.4. The smallest absolute Gasteiger partial charge is 0.372 e. The highest BCUT2D eigenvalue weighted by molar-refractivity contribution is 5.39. The predicted molar refractivity (Wildman–Crippen MR) is 66.9 cm³/mol. The van der Waals surface area contributed by atoms with Gasteiger partial charge in [-0.1, -0.05) is 24.3 Å². The normalized spacial score (nSPS) is 15.3. The van der Waals surface area contributed by atoms with Gasteiger partial charge in [0.1, 0.15) is 5.82 Å². The Morgan fingerprint density at radius 3 is 1.65 bits per heavy atom. The molecule has 0 aromatic heterocycles. The van der Waals surface area contributed by atoms with E-state index < -0.39 is 40.5 Å². The van der Waals surface area contributed by atoms with Gasteiger partial charge in [-0.3, -0.25) is 0 Å². The van der Waals surface area contributed by atoms with Crippen LogP contribution >= 0.6 is 0 Å². The fraction of sp³-hybridized carbons (Fsp3) is 0.200. The van der Waals surface area contributed by atoms with Crippen LogP contribution in [0.25, 0.3) is 0 Å². The Balaban J connectivity index is 2.60. The quantitative estimate of drug-likeness (QED) is 0.791. The van der Waals surface area contributed by atoms with Crippen LogP contribution in [0.5, 0.6) is 0 Å². The second-order valence-electron chi connectivity index (χ2n) is 4.79. The van der Waals surface area contributed by atoms with Crippen LogP contribution in [0.15, 0.2) is 48.5 Å². The number of aliphatic hydroxyl groups is 1. The third-order valence-corrected chi connectivity index (χ3v) is 3.28. The Morgan fingerprint density at radius 1 is 0.696 bits per heavy atom. The van der Waals surface area contributed by atoms with Gasteiger partial charge in [0.15, 0.2) is 0 Å². The van der Waals surface area contributed by atoms with E-state index in [0.29, 0.717) is 30.3 Å². The number of halogens is 7. The molecule has 0 fully saturated rings. The first-order valence-electron chi connectivity index (χ1n) is 6.19. The van der Waals surface area contributed by atoms with E-state index in [9.17, 15) is 35.8 Å². The van der Waals surface area contributed by atoms with Gasteiger partial charge in [-0.25, -0.2) is 4.39 Å². The fourth-order valence-electron chi connectivity index (χ4n) is 2.11. The summed E-state index contributed by atoms with van der Waals surface area (Å²) in [6, 6.07) is 5.04. The van der Waals surface area contributed by atoms with E-state index in [1.807, 2.05) is 0 Å². The van der Waals surface area contributed by atoms with Crippen LogP contribution in [0.1, 0.15) is 16.7 Å². The maximum Gasteiger partial charge on any atom is 0.425 e. The van der Waals surface area contributed by atoms with E-state index in [-0.39, 0.29) is 0 Å². The summed E-state index contributed by atoms with van der Waals surface area (Å²) in [6.45, 7) is 0. The molecule has 8 heteroatoms. The molecule has 1 nitrogen and oxygen atoms in total. The second-order valence-corrected chi connectivity index (χ2v) is 4.79. The highest BCUT2D eigenvalue weighted by Crippen LogP contribution is 2.44. The molecule has 0 aliphatic carbocycles. The molecule has 0 amide bonds. The molecule has 0 aliphatic rings. The van der Waals surface area contributed by atoms with Crippen LogP contribution in [-0.4, -0.2) is 11.3 Å².